The van der Waals surface area contributed by atoms with Crippen LogP contribution in [0.25, 0.3) is 0 Å². The molecule has 0 saturated carbocycles. The van der Waals surface area contributed by atoms with Crippen LogP contribution in [0, 0.1) is 13.8 Å². The van der Waals surface area contributed by atoms with E-state index in [9.17, 15) is 9.59 Å². The van der Waals surface area contributed by atoms with Crippen LogP contribution in [0.2, 0.25) is 0 Å². The van der Waals surface area contributed by atoms with Gasteiger partial charge in [0.15, 0.2) is 0 Å². The number of carbonyl (C=O) groups excluding carboxylic acids is 2. The van der Waals surface area contributed by atoms with E-state index in [1.54, 1.807) is 17.0 Å². The Kier molecular flexibility index (Phi) is 6.89. The van der Waals surface area contributed by atoms with Crippen molar-refractivity contribution in [2.45, 2.75) is 40.5 Å². The van der Waals surface area contributed by atoms with Gasteiger partial charge in [0.05, 0.1) is 0 Å². The van der Waals surface area contributed by atoms with Crippen LogP contribution in [0.4, 0.5) is 5.69 Å². The number of hydrogen-bond acceptors (Lipinski definition) is 3. The third-order valence-corrected chi connectivity index (χ3v) is 4.16. The Hall–Kier alpha value is -2.69. The van der Waals surface area contributed by atoms with Crippen molar-refractivity contribution in [1.29, 1.82) is 0 Å². The third kappa shape index (κ3) is 4.91. The molecule has 0 aliphatic carbocycles. The van der Waals surface area contributed by atoms with Crippen molar-refractivity contribution < 1.29 is 9.59 Å². The number of benzene rings is 1. The molecule has 0 bridgehead atoms. The first-order valence-corrected chi connectivity index (χ1v) is 9.10. The maximum atomic E-state index is 12.7. The molecule has 5 heteroatoms. The summed E-state index contributed by atoms with van der Waals surface area (Å²) in [5.74, 6) is -0.372. The van der Waals surface area contributed by atoms with Gasteiger partial charge in [0.1, 0.15) is 5.69 Å². The van der Waals surface area contributed by atoms with Gasteiger partial charge in [-0.3, -0.25) is 14.6 Å². The number of aryl methyl sites for hydroxylation is 2. The first-order valence-electron chi connectivity index (χ1n) is 9.10. The first kappa shape index (κ1) is 19.6. The number of carbonyl (C=O) groups is 2. The number of anilines is 1. The summed E-state index contributed by atoms with van der Waals surface area (Å²) in [6, 6.07) is 9.11. The smallest absolute Gasteiger partial charge is 0.272 e. The van der Waals surface area contributed by atoms with E-state index >= 15 is 0 Å². The Morgan fingerprint density at radius 2 is 1.73 bits per heavy atom. The van der Waals surface area contributed by atoms with Gasteiger partial charge in [0.2, 0.25) is 0 Å². The molecule has 0 aliphatic heterocycles. The van der Waals surface area contributed by atoms with Crippen molar-refractivity contribution >= 4 is 17.5 Å². The molecule has 0 unspecified atom stereocenters. The largest absolute Gasteiger partial charge is 0.337 e. The topological polar surface area (TPSA) is 62.3 Å². The Balaban J connectivity index is 2.21. The van der Waals surface area contributed by atoms with Crippen molar-refractivity contribution in [2.75, 3.05) is 18.4 Å². The summed E-state index contributed by atoms with van der Waals surface area (Å²) >= 11 is 0. The zero-order valence-corrected chi connectivity index (χ0v) is 16.0. The van der Waals surface area contributed by atoms with Crippen LogP contribution >= 0.6 is 0 Å². The molecule has 0 atom stereocenters. The van der Waals surface area contributed by atoms with E-state index in [1.165, 1.54) is 6.20 Å². The van der Waals surface area contributed by atoms with Crippen molar-refractivity contribution in [1.82, 2.24) is 9.88 Å². The molecular formula is C21H27N3O2. The monoisotopic (exact) mass is 353 g/mol. The van der Waals surface area contributed by atoms with Gasteiger partial charge in [0.25, 0.3) is 11.8 Å². The second kappa shape index (κ2) is 9.13. The average Bonchev–Trinajstić information content (AvgIpc) is 2.64. The second-order valence-corrected chi connectivity index (χ2v) is 6.49. The summed E-state index contributed by atoms with van der Waals surface area (Å²) in [4.78, 5) is 31.3. The van der Waals surface area contributed by atoms with Crippen molar-refractivity contribution in [3.63, 3.8) is 0 Å². The number of hydrogen-bond donors (Lipinski definition) is 1. The van der Waals surface area contributed by atoms with Gasteiger partial charge in [-0.25, -0.2) is 0 Å². The molecule has 1 aromatic heterocycles. The van der Waals surface area contributed by atoms with Gasteiger partial charge in [-0.15, -0.1) is 0 Å². The van der Waals surface area contributed by atoms with Crippen LogP contribution in [0.1, 0.15) is 58.7 Å². The zero-order valence-electron chi connectivity index (χ0n) is 16.0. The molecule has 1 aromatic carbocycles. The fourth-order valence-electron chi connectivity index (χ4n) is 2.77. The Morgan fingerprint density at radius 1 is 1.04 bits per heavy atom. The summed E-state index contributed by atoms with van der Waals surface area (Å²) in [6.07, 6.45) is 3.29. The van der Waals surface area contributed by atoms with E-state index in [0.29, 0.717) is 24.3 Å². The number of nitrogens with zero attached hydrogens (tertiary/aromatic N) is 2. The van der Waals surface area contributed by atoms with E-state index in [1.807, 2.05) is 45.9 Å². The highest BCUT2D eigenvalue weighted by Crippen LogP contribution is 2.18. The standard InChI is InChI=1S/C21H27N3O2/c1-5-11-24(12-6-2)21(26)19-14-17(9-10-22-19)20(25)23-18-13-15(3)7-8-16(18)4/h7-10,13-14H,5-6,11-12H2,1-4H3,(H,23,25). The van der Waals surface area contributed by atoms with Gasteiger partial charge in [-0.1, -0.05) is 26.0 Å². The highest BCUT2D eigenvalue weighted by Gasteiger charge is 2.17. The summed E-state index contributed by atoms with van der Waals surface area (Å²) in [7, 11) is 0. The second-order valence-electron chi connectivity index (χ2n) is 6.49. The lowest BCUT2D eigenvalue weighted by Crippen LogP contribution is -2.33. The predicted molar refractivity (Wildman–Crippen MR) is 105 cm³/mol. The minimum absolute atomic E-state index is 0.130. The highest BCUT2D eigenvalue weighted by atomic mass is 16.2. The van der Waals surface area contributed by atoms with Crippen molar-refractivity contribution in [3.8, 4) is 0 Å². The molecule has 0 radical (unpaired) electrons. The van der Waals surface area contributed by atoms with Crippen molar-refractivity contribution in [3.05, 3.63) is 58.9 Å². The molecule has 5 nitrogen and oxygen atoms in total. The summed E-state index contributed by atoms with van der Waals surface area (Å²) < 4.78 is 0. The van der Waals surface area contributed by atoms with Gasteiger partial charge in [-0.05, 0) is 56.0 Å². The molecule has 2 amide bonds. The molecule has 2 rings (SSSR count). The average molecular weight is 353 g/mol. The quantitative estimate of drug-likeness (QED) is 0.811. The van der Waals surface area contributed by atoms with Gasteiger partial charge >= 0.3 is 0 Å². The summed E-state index contributed by atoms with van der Waals surface area (Å²) in [6.45, 7) is 9.38. The lowest BCUT2D eigenvalue weighted by molar-refractivity contribution is 0.0749. The van der Waals surface area contributed by atoms with E-state index < -0.39 is 0 Å². The SMILES string of the molecule is CCCN(CCC)C(=O)c1cc(C(=O)Nc2cc(C)ccc2C)ccn1. The van der Waals surface area contributed by atoms with E-state index in [2.05, 4.69) is 10.3 Å². The summed E-state index contributed by atoms with van der Waals surface area (Å²) in [5, 5.41) is 2.92. The Labute approximate surface area is 155 Å². The molecular weight excluding hydrogens is 326 g/mol. The van der Waals surface area contributed by atoms with Gasteiger partial charge in [-0.2, -0.15) is 0 Å². The molecule has 0 saturated heterocycles. The lowest BCUT2D eigenvalue weighted by atomic mass is 10.1. The van der Waals surface area contributed by atoms with E-state index in [4.69, 9.17) is 0 Å². The number of nitrogens with one attached hydrogen (secondary N) is 1. The van der Waals surface area contributed by atoms with Crippen LogP contribution in [0.15, 0.2) is 36.5 Å². The van der Waals surface area contributed by atoms with Gasteiger partial charge < -0.3 is 10.2 Å². The minimum Gasteiger partial charge on any atom is -0.337 e. The maximum absolute atomic E-state index is 12.7. The fraction of sp³-hybridized carbons (Fsp3) is 0.381. The van der Waals surface area contributed by atoms with Crippen molar-refractivity contribution in [2.24, 2.45) is 0 Å². The molecule has 2 aromatic rings. The normalized spacial score (nSPS) is 10.5. The number of amides is 2. The van der Waals surface area contributed by atoms with Crippen LogP contribution in [0.5, 0.6) is 0 Å². The third-order valence-electron chi connectivity index (χ3n) is 4.16. The predicted octanol–water partition coefficient (Wildman–Crippen LogP) is 4.21. The van der Waals surface area contributed by atoms with E-state index in [0.717, 1.165) is 29.7 Å². The molecule has 0 spiro atoms. The highest BCUT2D eigenvalue weighted by molar-refractivity contribution is 6.06. The number of rotatable bonds is 7. The zero-order chi connectivity index (χ0) is 19.1. The first-order chi connectivity index (χ1) is 12.5. The van der Waals surface area contributed by atoms with Crippen LogP contribution in [0.3, 0.4) is 0 Å². The number of pyridine rings is 1. The van der Waals surface area contributed by atoms with Crippen LogP contribution in [-0.4, -0.2) is 34.8 Å². The van der Waals surface area contributed by atoms with Crippen LogP contribution in [-0.2, 0) is 0 Å². The fourth-order valence-corrected chi connectivity index (χ4v) is 2.77. The maximum Gasteiger partial charge on any atom is 0.272 e. The van der Waals surface area contributed by atoms with E-state index in [-0.39, 0.29) is 11.8 Å². The molecule has 138 valence electrons. The molecule has 26 heavy (non-hydrogen) atoms. The van der Waals surface area contributed by atoms with Gasteiger partial charge in [0, 0.05) is 30.5 Å². The molecule has 0 fully saturated rings. The summed E-state index contributed by atoms with van der Waals surface area (Å²) in [5.41, 5.74) is 3.58. The Morgan fingerprint density at radius 3 is 2.38 bits per heavy atom. The Bertz CT molecular complexity index is 781. The molecule has 0 aliphatic rings. The minimum atomic E-state index is -0.243. The molecule has 1 heterocycles. The van der Waals surface area contributed by atoms with Crippen LogP contribution < -0.4 is 5.32 Å². The number of aromatic nitrogens is 1. The molecule has 1 N–H and O–H groups in total. The lowest BCUT2D eigenvalue weighted by Gasteiger charge is -2.21.